The van der Waals surface area contributed by atoms with Crippen LogP contribution in [0.3, 0.4) is 0 Å². The van der Waals surface area contributed by atoms with Gasteiger partial charge in [0, 0.05) is 13.3 Å². The Morgan fingerprint density at radius 2 is 1.73 bits per heavy atom. The average molecular weight is 583 g/mol. The van der Waals surface area contributed by atoms with Gasteiger partial charge in [-0.05, 0) is 25.8 Å². The van der Waals surface area contributed by atoms with Gasteiger partial charge in [0.1, 0.15) is 42.5 Å². The zero-order chi connectivity index (χ0) is 30.7. The number of ether oxygens (including phenoxy) is 3. The predicted octanol–water partition coefficient (Wildman–Crippen LogP) is -2.10. The van der Waals surface area contributed by atoms with Crippen molar-refractivity contribution < 1.29 is 53.5 Å². The Balaban J connectivity index is 2.10. The second-order valence-electron chi connectivity index (χ2n) is 9.61. The number of hydrogen-bond donors (Lipinski definition) is 7. The van der Waals surface area contributed by atoms with Gasteiger partial charge >= 0.3 is 5.97 Å². The van der Waals surface area contributed by atoms with Gasteiger partial charge in [-0.3, -0.25) is 24.0 Å². The number of primary amides is 1. The minimum atomic E-state index is -1.48. The van der Waals surface area contributed by atoms with Crippen molar-refractivity contribution in [3.63, 3.8) is 0 Å². The zero-order valence-corrected chi connectivity index (χ0v) is 23.0. The minimum absolute atomic E-state index is 0.0734. The monoisotopic (exact) mass is 582 g/mol. The Hall–Kier alpha value is -3.63. The van der Waals surface area contributed by atoms with E-state index in [2.05, 4.69) is 16.0 Å². The van der Waals surface area contributed by atoms with Gasteiger partial charge in [-0.25, -0.2) is 0 Å². The summed E-state index contributed by atoms with van der Waals surface area (Å²) in [5.74, 6) is -4.19. The highest BCUT2D eigenvalue weighted by atomic mass is 16.7. The first-order chi connectivity index (χ1) is 19.3. The van der Waals surface area contributed by atoms with Crippen molar-refractivity contribution in [1.29, 1.82) is 0 Å². The highest BCUT2D eigenvalue weighted by Crippen LogP contribution is 2.26. The quantitative estimate of drug-likeness (QED) is 0.118. The van der Waals surface area contributed by atoms with E-state index in [1.807, 2.05) is 30.3 Å². The largest absolute Gasteiger partial charge is 0.481 e. The molecule has 15 heteroatoms. The van der Waals surface area contributed by atoms with Crippen molar-refractivity contribution in [3.05, 3.63) is 35.9 Å². The SMILES string of the molecule is CC(=O)N[C@H]1[C@@H](OCc2ccccc2)O[C@H](CO)[C@@H](O)[C@@H]1OC(C)C(=O)NC(C)C(=O)NC(CCC(=O)O)C(N)=O. The fourth-order valence-electron chi connectivity index (χ4n) is 4.06. The maximum absolute atomic E-state index is 12.9. The van der Waals surface area contributed by atoms with Crippen LogP contribution in [0.4, 0.5) is 0 Å². The van der Waals surface area contributed by atoms with Crippen LogP contribution in [-0.4, -0.2) is 100 Å². The van der Waals surface area contributed by atoms with E-state index in [1.54, 1.807) is 0 Å². The summed E-state index contributed by atoms with van der Waals surface area (Å²) in [5, 5.41) is 36.8. The first-order valence-electron chi connectivity index (χ1n) is 13.0. The van der Waals surface area contributed by atoms with Crippen molar-refractivity contribution in [1.82, 2.24) is 16.0 Å². The van der Waals surface area contributed by atoms with Gasteiger partial charge in [-0.1, -0.05) is 30.3 Å². The summed E-state index contributed by atoms with van der Waals surface area (Å²) in [7, 11) is 0. The zero-order valence-electron chi connectivity index (χ0n) is 23.0. The lowest BCUT2D eigenvalue weighted by Gasteiger charge is -2.44. The number of nitrogens with one attached hydrogen (secondary N) is 3. The lowest BCUT2D eigenvalue weighted by atomic mass is 9.96. The number of carboxylic acid groups (broad SMARTS) is 1. The Bertz CT molecular complexity index is 1060. The number of nitrogens with two attached hydrogens (primary N) is 1. The van der Waals surface area contributed by atoms with E-state index in [0.29, 0.717) is 0 Å². The highest BCUT2D eigenvalue weighted by Gasteiger charge is 2.48. The van der Waals surface area contributed by atoms with Gasteiger partial charge in [0.25, 0.3) is 0 Å². The first-order valence-corrected chi connectivity index (χ1v) is 13.0. The first kappa shape index (κ1) is 33.6. The van der Waals surface area contributed by atoms with Gasteiger partial charge < -0.3 is 51.2 Å². The third-order valence-electron chi connectivity index (χ3n) is 6.27. The van der Waals surface area contributed by atoms with Crippen LogP contribution in [0, 0.1) is 0 Å². The summed E-state index contributed by atoms with van der Waals surface area (Å²) in [4.78, 5) is 59.8. The molecule has 3 unspecified atom stereocenters. The highest BCUT2D eigenvalue weighted by molar-refractivity contribution is 5.92. The fourth-order valence-corrected chi connectivity index (χ4v) is 4.06. The van der Waals surface area contributed by atoms with Crippen LogP contribution < -0.4 is 21.7 Å². The van der Waals surface area contributed by atoms with Gasteiger partial charge in [0.2, 0.25) is 23.6 Å². The summed E-state index contributed by atoms with van der Waals surface area (Å²) in [6, 6.07) is 5.54. The van der Waals surface area contributed by atoms with Crippen molar-refractivity contribution in [2.75, 3.05) is 6.61 Å². The van der Waals surface area contributed by atoms with E-state index >= 15 is 0 Å². The van der Waals surface area contributed by atoms with Crippen molar-refractivity contribution in [2.24, 2.45) is 5.73 Å². The van der Waals surface area contributed by atoms with Crippen LogP contribution in [0.2, 0.25) is 0 Å². The molecule has 8 N–H and O–H groups in total. The van der Waals surface area contributed by atoms with Crippen LogP contribution in [0.15, 0.2) is 30.3 Å². The molecule has 0 radical (unpaired) electrons. The predicted molar refractivity (Wildman–Crippen MR) is 141 cm³/mol. The normalized spacial score (nSPS) is 24.4. The average Bonchev–Trinajstić information content (AvgIpc) is 2.92. The van der Waals surface area contributed by atoms with Crippen LogP contribution in [0.25, 0.3) is 0 Å². The number of hydrogen-bond acceptors (Lipinski definition) is 10. The minimum Gasteiger partial charge on any atom is -0.481 e. The number of amides is 4. The van der Waals surface area contributed by atoms with Gasteiger partial charge in [-0.2, -0.15) is 0 Å². The molecule has 8 atom stereocenters. The van der Waals surface area contributed by atoms with Gasteiger partial charge in [-0.15, -0.1) is 0 Å². The molecule has 1 aromatic rings. The fraction of sp³-hybridized carbons (Fsp3) is 0.577. The summed E-state index contributed by atoms with van der Waals surface area (Å²) in [6.07, 6.45) is -7.01. The summed E-state index contributed by atoms with van der Waals surface area (Å²) >= 11 is 0. The topological polar surface area (TPSA) is 236 Å². The van der Waals surface area contributed by atoms with Gasteiger partial charge in [0.15, 0.2) is 6.29 Å². The van der Waals surface area contributed by atoms with Gasteiger partial charge in [0.05, 0.1) is 13.2 Å². The van der Waals surface area contributed by atoms with Crippen LogP contribution >= 0.6 is 0 Å². The molecule has 1 aliphatic rings. The lowest BCUT2D eigenvalue weighted by molar-refractivity contribution is -0.283. The van der Waals surface area contributed by atoms with Crippen molar-refractivity contribution in [2.45, 2.75) is 89.1 Å². The van der Waals surface area contributed by atoms with Crippen LogP contribution in [0.5, 0.6) is 0 Å². The summed E-state index contributed by atoms with van der Waals surface area (Å²) in [5.41, 5.74) is 6.02. The number of carbonyl (C=O) groups is 5. The Labute approximate surface area is 236 Å². The van der Waals surface area contributed by atoms with Crippen LogP contribution in [-0.2, 0) is 44.8 Å². The second-order valence-corrected chi connectivity index (χ2v) is 9.61. The van der Waals surface area contributed by atoms with E-state index in [4.69, 9.17) is 25.1 Å². The number of carbonyl (C=O) groups excluding carboxylic acids is 4. The molecule has 0 aliphatic carbocycles. The van der Waals surface area contributed by atoms with E-state index in [9.17, 15) is 34.2 Å². The molecule has 4 amide bonds. The number of carboxylic acids is 1. The standard InChI is InChI=1S/C26H38N4O11/c1-13(24(37)30-17(23(27)36)9-10-19(33)34)28-25(38)14(2)40-22-20(29-15(3)32)26(41-18(11-31)21(22)35)39-12-16-7-5-4-6-8-16/h4-8,13-14,17-18,20-22,26,31,35H,9-12H2,1-3H3,(H2,27,36)(H,28,38)(H,29,32)(H,30,37)(H,33,34)/t13?,14?,17?,18-,20-,21-,22-,26+/m1/s1. The molecule has 15 nitrogen and oxygen atoms in total. The molecular weight excluding hydrogens is 544 g/mol. The molecule has 1 aromatic carbocycles. The summed E-state index contributed by atoms with van der Waals surface area (Å²) < 4.78 is 17.4. The third kappa shape index (κ3) is 10.4. The lowest BCUT2D eigenvalue weighted by Crippen LogP contribution is -2.66. The molecule has 0 saturated carbocycles. The molecule has 2 rings (SSSR count). The number of rotatable bonds is 15. The number of benzene rings is 1. The maximum atomic E-state index is 12.9. The molecule has 1 aliphatic heterocycles. The molecular formula is C26H38N4O11. The molecule has 228 valence electrons. The van der Waals surface area contributed by atoms with E-state index in [1.165, 1.54) is 20.8 Å². The number of aliphatic carboxylic acids is 1. The molecule has 1 saturated heterocycles. The number of aliphatic hydroxyl groups excluding tert-OH is 2. The molecule has 0 spiro atoms. The Kier molecular flexibility index (Phi) is 13.1. The second kappa shape index (κ2) is 16.0. The number of aliphatic hydroxyl groups is 2. The summed E-state index contributed by atoms with van der Waals surface area (Å²) in [6.45, 7) is 3.37. The Morgan fingerprint density at radius 1 is 1.07 bits per heavy atom. The van der Waals surface area contributed by atoms with Crippen LogP contribution in [0.1, 0.15) is 39.2 Å². The van der Waals surface area contributed by atoms with E-state index in [-0.39, 0.29) is 13.0 Å². The molecule has 1 heterocycles. The molecule has 1 fully saturated rings. The van der Waals surface area contributed by atoms with Crippen molar-refractivity contribution in [3.8, 4) is 0 Å². The van der Waals surface area contributed by atoms with Crippen molar-refractivity contribution >= 4 is 29.6 Å². The molecule has 0 bridgehead atoms. The smallest absolute Gasteiger partial charge is 0.303 e. The third-order valence-corrected chi connectivity index (χ3v) is 6.27. The molecule has 41 heavy (non-hydrogen) atoms. The Morgan fingerprint density at radius 3 is 2.29 bits per heavy atom. The maximum Gasteiger partial charge on any atom is 0.303 e. The molecule has 0 aromatic heterocycles. The van der Waals surface area contributed by atoms with E-state index in [0.717, 1.165) is 5.56 Å². The van der Waals surface area contributed by atoms with E-state index < -0.39 is 91.5 Å².